The van der Waals surface area contributed by atoms with Crippen LogP contribution in [-0.2, 0) is 11.3 Å². The maximum Gasteiger partial charge on any atom is 0.120 e. The second-order valence-electron chi connectivity index (χ2n) is 6.40. The summed E-state index contributed by atoms with van der Waals surface area (Å²) in [4.78, 5) is 2.34. The molecule has 1 aliphatic rings. The number of hydrogen-bond donors (Lipinski definition) is 1. The first kappa shape index (κ1) is 16.3. The second kappa shape index (κ2) is 7.79. The molecule has 1 fully saturated rings. The van der Waals surface area contributed by atoms with Crippen molar-refractivity contribution < 1.29 is 9.47 Å². The first-order valence-electron chi connectivity index (χ1n) is 8.66. The van der Waals surface area contributed by atoms with E-state index in [0.29, 0.717) is 0 Å². The van der Waals surface area contributed by atoms with Gasteiger partial charge in [0.15, 0.2) is 0 Å². The van der Waals surface area contributed by atoms with Crippen molar-refractivity contribution in [3.05, 3.63) is 23.9 Å². The Bertz CT molecular complexity index is 620. The van der Waals surface area contributed by atoms with Crippen LogP contribution in [0.15, 0.2) is 18.2 Å². The number of H-pyrrole nitrogens is 1. The third-order valence-corrected chi connectivity index (χ3v) is 4.40. The van der Waals surface area contributed by atoms with Crippen molar-refractivity contribution in [2.24, 2.45) is 0 Å². The van der Waals surface area contributed by atoms with Crippen molar-refractivity contribution in [3.63, 3.8) is 0 Å². The second-order valence-corrected chi connectivity index (χ2v) is 6.40. The van der Waals surface area contributed by atoms with E-state index in [9.17, 15) is 0 Å². The fourth-order valence-corrected chi connectivity index (χ4v) is 3.00. The minimum atomic E-state index is 0.267. The number of rotatable bonds is 7. The van der Waals surface area contributed by atoms with Gasteiger partial charge < -0.3 is 14.4 Å². The molecule has 1 aromatic carbocycles. The molecule has 0 radical (unpaired) electrons. The predicted octanol–water partition coefficient (Wildman–Crippen LogP) is 3.35. The number of fused-ring (bicyclic) bond motifs is 1. The first-order chi connectivity index (χ1) is 11.3. The van der Waals surface area contributed by atoms with E-state index >= 15 is 0 Å². The first-order valence-corrected chi connectivity index (χ1v) is 8.66. The Labute approximate surface area is 138 Å². The highest BCUT2D eigenvalue weighted by molar-refractivity contribution is 5.82. The zero-order valence-electron chi connectivity index (χ0n) is 14.2. The van der Waals surface area contributed by atoms with Crippen molar-refractivity contribution in [2.75, 3.05) is 26.8 Å². The highest BCUT2D eigenvalue weighted by Gasteiger charge is 2.16. The molecule has 0 atom stereocenters. The zero-order chi connectivity index (χ0) is 16.1. The van der Waals surface area contributed by atoms with Gasteiger partial charge in [-0.1, -0.05) is 13.3 Å². The topological polar surface area (TPSA) is 50.4 Å². The molecular weight excluding hydrogens is 290 g/mol. The summed E-state index contributed by atoms with van der Waals surface area (Å²) in [5, 5.41) is 8.76. The molecule has 1 saturated heterocycles. The largest absolute Gasteiger partial charge is 0.490 e. The van der Waals surface area contributed by atoms with Gasteiger partial charge in [0.25, 0.3) is 0 Å². The monoisotopic (exact) mass is 317 g/mol. The molecule has 0 amide bonds. The minimum Gasteiger partial charge on any atom is -0.490 e. The van der Waals surface area contributed by atoms with Crippen LogP contribution in [-0.4, -0.2) is 48.0 Å². The van der Waals surface area contributed by atoms with Crippen LogP contribution in [0.2, 0.25) is 0 Å². The average Bonchev–Trinajstić information content (AvgIpc) is 2.96. The Morgan fingerprint density at radius 2 is 2.17 bits per heavy atom. The van der Waals surface area contributed by atoms with Gasteiger partial charge in [-0.3, -0.25) is 5.10 Å². The van der Waals surface area contributed by atoms with Crippen LogP contribution in [0, 0.1) is 0 Å². The Balaban J connectivity index is 1.71. The third kappa shape index (κ3) is 4.24. The van der Waals surface area contributed by atoms with Gasteiger partial charge in [-0.25, -0.2) is 0 Å². The lowest BCUT2D eigenvalue weighted by atomic mass is 10.1. The molecule has 1 aliphatic heterocycles. The Kier molecular flexibility index (Phi) is 5.51. The molecule has 0 bridgehead atoms. The summed E-state index contributed by atoms with van der Waals surface area (Å²) in [7, 11) is 2.16. The quantitative estimate of drug-likeness (QED) is 0.851. The molecule has 0 aliphatic carbocycles. The number of aromatic nitrogens is 2. The molecule has 0 saturated carbocycles. The van der Waals surface area contributed by atoms with E-state index in [-0.39, 0.29) is 6.10 Å². The standard InChI is InChI=1S/C18H27N3O2/c1-3-4-9-21(2)13-18-16-12-15(5-6-17(16)19-20-18)23-14-7-10-22-11-8-14/h5-6,12,14H,3-4,7-11,13H2,1-2H3,(H,19,20). The number of ether oxygens (including phenoxy) is 2. The molecule has 126 valence electrons. The van der Waals surface area contributed by atoms with Gasteiger partial charge in [0.2, 0.25) is 0 Å². The summed E-state index contributed by atoms with van der Waals surface area (Å²) in [6, 6.07) is 6.18. The van der Waals surface area contributed by atoms with Gasteiger partial charge in [-0.15, -0.1) is 0 Å². The fraction of sp³-hybridized carbons (Fsp3) is 0.611. The highest BCUT2D eigenvalue weighted by Crippen LogP contribution is 2.25. The van der Waals surface area contributed by atoms with Crippen LogP contribution >= 0.6 is 0 Å². The van der Waals surface area contributed by atoms with Gasteiger partial charge in [0, 0.05) is 24.8 Å². The highest BCUT2D eigenvalue weighted by atomic mass is 16.5. The third-order valence-electron chi connectivity index (χ3n) is 4.40. The Hall–Kier alpha value is -1.59. The maximum atomic E-state index is 6.12. The smallest absolute Gasteiger partial charge is 0.120 e. The normalized spacial score (nSPS) is 16.3. The van der Waals surface area contributed by atoms with E-state index in [0.717, 1.165) is 61.5 Å². The van der Waals surface area contributed by atoms with Gasteiger partial charge in [0.1, 0.15) is 11.9 Å². The van der Waals surface area contributed by atoms with Crippen LogP contribution < -0.4 is 4.74 Å². The number of nitrogens with one attached hydrogen (secondary N) is 1. The van der Waals surface area contributed by atoms with Crippen LogP contribution in [0.25, 0.3) is 10.9 Å². The molecule has 1 N–H and O–H groups in total. The SMILES string of the molecule is CCCCN(C)Cc1[nH]nc2ccc(OC3CCOCC3)cc12. The van der Waals surface area contributed by atoms with Gasteiger partial charge in [-0.2, -0.15) is 5.10 Å². The molecule has 1 aromatic heterocycles. The molecular formula is C18H27N3O2. The Morgan fingerprint density at radius 3 is 2.96 bits per heavy atom. The summed E-state index contributed by atoms with van der Waals surface area (Å²) in [5.74, 6) is 0.934. The van der Waals surface area contributed by atoms with Crippen molar-refractivity contribution >= 4 is 10.9 Å². The van der Waals surface area contributed by atoms with Crippen LogP contribution in [0.1, 0.15) is 38.3 Å². The summed E-state index contributed by atoms with van der Waals surface area (Å²) < 4.78 is 11.5. The lowest BCUT2D eigenvalue weighted by molar-refractivity contribution is 0.0256. The van der Waals surface area contributed by atoms with E-state index in [2.05, 4.69) is 35.1 Å². The van der Waals surface area contributed by atoms with Crippen LogP contribution in [0.3, 0.4) is 0 Å². The molecule has 3 rings (SSSR count). The van der Waals surface area contributed by atoms with Gasteiger partial charge in [0.05, 0.1) is 24.4 Å². The molecule has 2 aromatic rings. The molecule has 23 heavy (non-hydrogen) atoms. The lowest BCUT2D eigenvalue weighted by Gasteiger charge is -2.23. The van der Waals surface area contributed by atoms with E-state index in [4.69, 9.17) is 9.47 Å². The molecule has 5 heteroatoms. The summed E-state index contributed by atoms with van der Waals surface area (Å²) >= 11 is 0. The van der Waals surface area contributed by atoms with E-state index in [1.807, 2.05) is 12.1 Å². The number of hydrogen-bond acceptors (Lipinski definition) is 4. The van der Waals surface area contributed by atoms with Gasteiger partial charge >= 0.3 is 0 Å². The number of nitrogens with zero attached hydrogens (tertiary/aromatic N) is 2. The molecule has 0 spiro atoms. The summed E-state index contributed by atoms with van der Waals surface area (Å²) in [6.45, 7) is 5.81. The number of unbranched alkanes of at least 4 members (excludes halogenated alkanes) is 1. The number of aromatic amines is 1. The molecule has 2 heterocycles. The number of benzene rings is 1. The van der Waals surface area contributed by atoms with E-state index in [1.165, 1.54) is 12.8 Å². The summed E-state index contributed by atoms with van der Waals surface area (Å²) in [5.41, 5.74) is 2.17. The van der Waals surface area contributed by atoms with Crippen molar-refractivity contribution in [1.82, 2.24) is 15.1 Å². The lowest BCUT2D eigenvalue weighted by Crippen LogP contribution is -2.25. The van der Waals surface area contributed by atoms with Crippen LogP contribution in [0.5, 0.6) is 5.75 Å². The maximum absolute atomic E-state index is 6.12. The predicted molar refractivity (Wildman–Crippen MR) is 91.8 cm³/mol. The minimum absolute atomic E-state index is 0.267. The van der Waals surface area contributed by atoms with E-state index in [1.54, 1.807) is 0 Å². The van der Waals surface area contributed by atoms with Crippen molar-refractivity contribution in [1.29, 1.82) is 0 Å². The fourth-order valence-electron chi connectivity index (χ4n) is 3.00. The molecule has 0 unspecified atom stereocenters. The van der Waals surface area contributed by atoms with Crippen molar-refractivity contribution in [3.8, 4) is 5.75 Å². The van der Waals surface area contributed by atoms with Crippen molar-refractivity contribution in [2.45, 2.75) is 45.3 Å². The Morgan fingerprint density at radius 1 is 1.35 bits per heavy atom. The zero-order valence-corrected chi connectivity index (χ0v) is 14.2. The van der Waals surface area contributed by atoms with Crippen LogP contribution in [0.4, 0.5) is 0 Å². The summed E-state index contributed by atoms with van der Waals surface area (Å²) in [6.07, 6.45) is 4.65. The van der Waals surface area contributed by atoms with Gasteiger partial charge in [-0.05, 0) is 38.2 Å². The molecule has 5 nitrogen and oxygen atoms in total. The average molecular weight is 317 g/mol. The van der Waals surface area contributed by atoms with E-state index < -0.39 is 0 Å².